The van der Waals surface area contributed by atoms with E-state index in [1.165, 1.54) is 13.2 Å². The van der Waals surface area contributed by atoms with Gasteiger partial charge in [0.1, 0.15) is 11.6 Å². The zero-order chi connectivity index (χ0) is 25.7. The van der Waals surface area contributed by atoms with Gasteiger partial charge >= 0.3 is 0 Å². The van der Waals surface area contributed by atoms with Crippen LogP contribution in [-0.2, 0) is 9.53 Å². The van der Waals surface area contributed by atoms with Crippen LogP contribution >= 0.6 is 0 Å². The highest BCUT2D eigenvalue weighted by molar-refractivity contribution is 5.95. The van der Waals surface area contributed by atoms with Gasteiger partial charge < -0.3 is 25.0 Å². The number of allylic oxidation sites excluding steroid dienone is 1. The topological polar surface area (TPSA) is 88.6 Å². The standard InChI is InChI=1S/C27H32FN5O3/c1-5-19(34)11-18-15-36-16-23(18)31-25-13-21-17(14-30-25)12-22(32-27(21)29-9-10-33(2)3)20-7-6-8-24(35-4)26(20)28/h5-8,12-14,18,23H,1,9-11,15-16H2,2-4H3,(H,29,32)(H,30,31)/t18-,23+/m0/s1. The molecule has 4 rings (SSSR count). The fraction of sp³-hybridized carbons (Fsp3) is 0.370. The van der Waals surface area contributed by atoms with E-state index in [4.69, 9.17) is 14.5 Å². The van der Waals surface area contributed by atoms with E-state index in [0.717, 1.165) is 17.3 Å². The highest BCUT2D eigenvalue weighted by atomic mass is 19.1. The van der Waals surface area contributed by atoms with Gasteiger partial charge in [0.05, 0.1) is 32.1 Å². The number of carbonyl (C=O) groups excluding carboxylic acids is 1. The number of nitrogens with zero attached hydrogens (tertiary/aromatic N) is 3. The summed E-state index contributed by atoms with van der Waals surface area (Å²) in [5.41, 5.74) is 0.841. The van der Waals surface area contributed by atoms with E-state index in [0.29, 0.717) is 49.1 Å². The second-order valence-corrected chi connectivity index (χ2v) is 9.12. The quantitative estimate of drug-likeness (QED) is 0.388. The number of likely N-dealkylation sites (N-methyl/N-ethyl adjacent to an activating group) is 1. The fourth-order valence-corrected chi connectivity index (χ4v) is 4.25. The van der Waals surface area contributed by atoms with Crippen molar-refractivity contribution in [1.29, 1.82) is 0 Å². The van der Waals surface area contributed by atoms with Crippen molar-refractivity contribution in [3.05, 3.63) is 55.0 Å². The Kier molecular flexibility index (Phi) is 8.12. The van der Waals surface area contributed by atoms with Crippen LogP contribution in [-0.4, -0.2) is 74.2 Å². The molecular weight excluding hydrogens is 461 g/mol. The lowest BCUT2D eigenvalue weighted by Crippen LogP contribution is -2.29. The smallest absolute Gasteiger partial charge is 0.174 e. The number of methoxy groups -OCH3 is 1. The minimum absolute atomic E-state index is 0.00217. The van der Waals surface area contributed by atoms with Crippen molar-refractivity contribution in [1.82, 2.24) is 14.9 Å². The van der Waals surface area contributed by atoms with E-state index < -0.39 is 5.82 Å². The Labute approximate surface area is 210 Å². The van der Waals surface area contributed by atoms with Crippen LogP contribution in [0.4, 0.5) is 16.0 Å². The number of halogens is 1. The summed E-state index contributed by atoms with van der Waals surface area (Å²) in [5.74, 6) is 1.04. The molecule has 1 fully saturated rings. The van der Waals surface area contributed by atoms with Crippen LogP contribution in [0, 0.1) is 11.7 Å². The van der Waals surface area contributed by atoms with E-state index in [-0.39, 0.29) is 23.5 Å². The molecule has 0 aliphatic carbocycles. The summed E-state index contributed by atoms with van der Waals surface area (Å²) in [6.07, 6.45) is 3.48. The molecule has 3 heterocycles. The molecule has 1 aliphatic rings. The highest BCUT2D eigenvalue weighted by Crippen LogP contribution is 2.33. The number of pyridine rings is 2. The molecule has 1 aliphatic heterocycles. The minimum Gasteiger partial charge on any atom is -0.494 e. The Morgan fingerprint density at radius 2 is 2.17 bits per heavy atom. The van der Waals surface area contributed by atoms with Gasteiger partial charge in [0, 0.05) is 48.0 Å². The maximum atomic E-state index is 15.0. The lowest BCUT2D eigenvalue weighted by Gasteiger charge is -2.19. The van der Waals surface area contributed by atoms with Crippen LogP contribution in [0.2, 0.25) is 0 Å². The molecule has 0 amide bonds. The first-order chi connectivity index (χ1) is 17.4. The molecule has 0 unspecified atom stereocenters. The molecule has 36 heavy (non-hydrogen) atoms. The Morgan fingerprint density at radius 3 is 2.92 bits per heavy atom. The van der Waals surface area contributed by atoms with Crippen molar-refractivity contribution in [2.24, 2.45) is 5.92 Å². The normalized spacial score (nSPS) is 17.4. The van der Waals surface area contributed by atoms with Gasteiger partial charge in [-0.3, -0.25) is 4.79 Å². The summed E-state index contributed by atoms with van der Waals surface area (Å²) >= 11 is 0. The van der Waals surface area contributed by atoms with E-state index in [1.807, 2.05) is 26.2 Å². The van der Waals surface area contributed by atoms with Gasteiger partial charge in [-0.2, -0.15) is 0 Å². The molecule has 2 atom stereocenters. The van der Waals surface area contributed by atoms with Gasteiger partial charge in [0.15, 0.2) is 17.3 Å². The molecular formula is C27H32FN5O3. The number of hydrogen-bond donors (Lipinski definition) is 2. The number of benzene rings is 1. The number of rotatable bonds is 11. The largest absolute Gasteiger partial charge is 0.494 e. The van der Waals surface area contributed by atoms with Crippen LogP contribution in [0.1, 0.15) is 6.42 Å². The molecule has 2 N–H and O–H groups in total. The monoisotopic (exact) mass is 493 g/mol. The van der Waals surface area contributed by atoms with Crippen LogP contribution in [0.3, 0.4) is 0 Å². The van der Waals surface area contributed by atoms with Crippen molar-refractivity contribution >= 4 is 28.2 Å². The third kappa shape index (κ3) is 5.80. The highest BCUT2D eigenvalue weighted by Gasteiger charge is 2.30. The third-order valence-electron chi connectivity index (χ3n) is 6.25. The average Bonchev–Trinajstić information content (AvgIpc) is 3.30. The molecule has 3 aromatic rings. The summed E-state index contributed by atoms with van der Waals surface area (Å²) < 4.78 is 25.8. The maximum absolute atomic E-state index is 15.0. The molecule has 1 aromatic carbocycles. The number of anilines is 2. The first-order valence-corrected chi connectivity index (χ1v) is 11.9. The predicted octanol–water partition coefficient (Wildman–Crippen LogP) is 3.99. The number of carbonyl (C=O) groups is 1. The molecule has 8 nitrogen and oxygen atoms in total. The molecule has 190 valence electrons. The lowest BCUT2D eigenvalue weighted by molar-refractivity contribution is -0.115. The van der Waals surface area contributed by atoms with E-state index in [2.05, 4.69) is 27.1 Å². The Bertz CT molecular complexity index is 1250. The van der Waals surface area contributed by atoms with Crippen molar-refractivity contribution in [3.63, 3.8) is 0 Å². The predicted molar refractivity (Wildman–Crippen MR) is 140 cm³/mol. The summed E-state index contributed by atoms with van der Waals surface area (Å²) in [7, 11) is 5.44. The second kappa shape index (κ2) is 11.5. The van der Waals surface area contributed by atoms with Gasteiger partial charge in [-0.25, -0.2) is 14.4 Å². The summed E-state index contributed by atoms with van der Waals surface area (Å²) in [5, 5.41) is 8.50. The van der Waals surface area contributed by atoms with Gasteiger partial charge in [0.2, 0.25) is 0 Å². The van der Waals surface area contributed by atoms with Crippen LogP contribution in [0.5, 0.6) is 5.75 Å². The van der Waals surface area contributed by atoms with E-state index in [9.17, 15) is 4.79 Å². The lowest BCUT2D eigenvalue weighted by atomic mass is 9.97. The summed E-state index contributed by atoms with van der Waals surface area (Å²) in [6, 6.07) is 8.72. The molecule has 0 bridgehead atoms. The number of hydrogen-bond acceptors (Lipinski definition) is 8. The molecule has 0 spiro atoms. The zero-order valence-electron chi connectivity index (χ0n) is 20.9. The van der Waals surface area contributed by atoms with Gasteiger partial charge in [-0.15, -0.1) is 0 Å². The van der Waals surface area contributed by atoms with Crippen molar-refractivity contribution in [2.45, 2.75) is 12.5 Å². The van der Waals surface area contributed by atoms with Crippen molar-refractivity contribution < 1.29 is 18.7 Å². The zero-order valence-corrected chi connectivity index (χ0v) is 20.9. The Morgan fingerprint density at radius 1 is 1.33 bits per heavy atom. The summed E-state index contributed by atoms with van der Waals surface area (Å²) in [6.45, 7) is 6.03. The fourth-order valence-electron chi connectivity index (χ4n) is 4.25. The Hall–Kier alpha value is -3.56. The number of aromatic nitrogens is 2. The number of fused-ring (bicyclic) bond motifs is 1. The first kappa shape index (κ1) is 25.5. The van der Waals surface area contributed by atoms with E-state index in [1.54, 1.807) is 24.4 Å². The SMILES string of the molecule is C=CC(=O)C[C@H]1COC[C@H]1Nc1cc2c(NCCN(C)C)nc(-c3cccc(OC)c3F)cc2cn1. The van der Waals surface area contributed by atoms with Gasteiger partial charge in [0.25, 0.3) is 0 Å². The second-order valence-electron chi connectivity index (χ2n) is 9.12. The van der Waals surface area contributed by atoms with Crippen LogP contribution < -0.4 is 15.4 Å². The maximum Gasteiger partial charge on any atom is 0.174 e. The molecule has 0 saturated carbocycles. The molecule has 1 saturated heterocycles. The van der Waals surface area contributed by atoms with Gasteiger partial charge in [-0.05, 0) is 44.4 Å². The first-order valence-electron chi connectivity index (χ1n) is 11.9. The van der Waals surface area contributed by atoms with Crippen molar-refractivity contribution in [3.8, 4) is 17.0 Å². The molecule has 2 aromatic heterocycles. The number of ether oxygens (including phenoxy) is 2. The molecule has 0 radical (unpaired) electrons. The van der Waals surface area contributed by atoms with Crippen LogP contribution in [0.15, 0.2) is 49.2 Å². The summed E-state index contributed by atoms with van der Waals surface area (Å²) in [4.78, 5) is 23.3. The number of nitrogens with one attached hydrogen (secondary N) is 2. The van der Waals surface area contributed by atoms with Crippen molar-refractivity contribution in [2.75, 3.05) is 58.1 Å². The van der Waals surface area contributed by atoms with E-state index >= 15 is 4.39 Å². The third-order valence-corrected chi connectivity index (χ3v) is 6.25. The average molecular weight is 494 g/mol. The molecule has 9 heteroatoms. The Balaban J connectivity index is 1.68. The van der Waals surface area contributed by atoms with Crippen LogP contribution in [0.25, 0.3) is 22.0 Å². The minimum atomic E-state index is -0.460. The number of ketones is 1. The van der Waals surface area contributed by atoms with Gasteiger partial charge in [-0.1, -0.05) is 12.6 Å².